The van der Waals surface area contributed by atoms with E-state index in [9.17, 15) is 9.59 Å². The van der Waals surface area contributed by atoms with Crippen molar-refractivity contribution in [3.05, 3.63) is 35.9 Å². The number of carboxylic acid groups (broad SMARTS) is 1. The molecule has 1 aromatic rings. The van der Waals surface area contributed by atoms with Crippen molar-refractivity contribution in [1.82, 2.24) is 5.32 Å². The average Bonchev–Trinajstić information content (AvgIpc) is 2.44. The van der Waals surface area contributed by atoms with Crippen LogP contribution in [-0.4, -0.2) is 42.8 Å². The molecule has 1 amide bonds. The summed E-state index contributed by atoms with van der Waals surface area (Å²) >= 11 is 0. The molecule has 1 aromatic carbocycles. The molecule has 122 valence electrons. The van der Waals surface area contributed by atoms with E-state index in [2.05, 4.69) is 5.32 Å². The van der Waals surface area contributed by atoms with Gasteiger partial charge in [-0.05, 0) is 19.4 Å². The molecule has 1 rings (SSSR count). The van der Waals surface area contributed by atoms with Crippen LogP contribution in [0, 0.1) is 0 Å². The third-order valence-electron chi connectivity index (χ3n) is 3.10. The number of carboxylic acids is 1. The Balaban J connectivity index is 2.91. The quantitative estimate of drug-likeness (QED) is 0.726. The zero-order valence-corrected chi connectivity index (χ0v) is 13.2. The normalized spacial score (nSPS) is 14.9. The van der Waals surface area contributed by atoms with E-state index >= 15 is 0 Å². The van der Waals surface area contributed by atoms with Crippen molar-refractivity contribution in [3.63, 3.8) is 0 Å². The number of ether oxygens (including phenoxy) is 2. The van der Waals surface area contributed by atoms with Crippen molar-refractivity contribution >= 4 is 11.9 Å². The summed E-state index contributed by atoms with van der Waals surface area (Å²) in [4.78, 5) is 23.5. The van der Waals surface area contributed by atoms with Crippen LogP contribution in [0.5, 0.6) is 0 Å². The molecule has 6 nitrogen and oxygen atoms in total. The van der Waals surface area contributed by atoms with E-state index in [1.165, 1.54) is 7.11 Å². The number of carbonyl (C=O) groups is 2. The fourth-order valence-electron chi connectivity index (χ4n) is 2.26. The van der Waals surface area contributed by atoms with E-state index < -0.39 is 17.6 Å². The van der Waals surface area contributed by atoms with Crippen molar-refractivity contribution in [3.8, 4) is 0 Å². The number of carbonyl (C=O) groups excluding carboxylic acids is 1. The minimum atomic E-state index is -1.01. The van der Waals surface area contributed by atoms with Crippen LogP contribution in [0.4, 0.5) is 0 Å². The second kappa shape index (κ2) is 8.51. The van der Waals surface area contributed by atoms with Crippen molar-refractivity contribution < 1.29 is 24.2 Å². The van der Waals surface area contributed by atoms with Crippen LogP contribution in [0.15, 0.2) is 30.3 Å². The van der Waals surface area contributed by atoms with Crippen LogP contribution in [0.25, 0.3) is 0 Å². The molecule has 0 saturated carbocycles. The Bertz CT molecular complexity index is 491. The van der Waals surface area contributed by atoms with Gasteiger partial charge < -0.3 is 19.9 Å². The van der Waals surface area contributed by atoms with E-state index in [1.807, 2.05) is 18.2 Å². The van der Waals surface area contributed by atoms with E-state index in [0.717, 1.165) is 5.56 Å². The average molecular weight is 309 g/mol. The number of amides is 1. The predicted molar refractivity (Wildman–Crippen MR) is 81.5 cm³/mol. The molecule has 0 aliphatic carbocycles. The van der Waals surface area contributed by atoms with Gasteiger partial charge in [-0.1, -0.05) is 30.3 Å². The summed E-state index contributed by atoms with van der Waals surface area (Å²) in [5.74, 6) is -1.39. The van der Waals surface area contributed by atoms with Crippen molar-refractivity contribution in [2.24, 2.45) is 0 Å². The van der Waals surface area contributed by atoms with Gasteiger partial charge in [0.1, 0.15) is 0 Å². The van der Waals surface area contributed by atoms with Gasteiger partial charge in [0, 0.05) is 13.7 Å². The number of rotatable bonds is 9. The van der Waals surface area contributed by atoms with Crippen LogP contribution >= 0.6 is 0 Å². The fraction of sp³-hybridized carbons (Fsp3) is 0.500. The second-order valence-corrected chi connectivity index (χ2v) is 5.30. The van der Waals surface area contributed by atoms with Crippen LogP contribution in [0.3, 0.4) is 0 Å². The van der Waals surface area contributed by atoms with Gasteiger partial charge in [-0.25, -0.2) is 0 Å². The fourth-order valence-corrected chi connectivity index (χ4v) is 2.26. The topological polar surface area (TPSA) is 84.9 Å². The minimum Gasteiger partial charge on any atom is -0.481 e. The van der Waals surface area contributed by atoms with E-state index in [0.29, 0.717) is 6.61 Å². The molecule has 0 aromatic heterocycles. The lowest BCUT2D eigenvalue weighted by Gasteiger charge is -2.30. The van der Waals surface area contributed by atoms with Crippen molar-refractivity contribution in [2.45, 2.75) is 31.9 Å². The lowest BCUT2D eigenvalue weighted by molar-refractivity contribution is -0.141. The summed E-state index contributed by atoms with van der Waals surface area (Å²) in [6.45, 7) is 3.90. The maximum absolute atomic E-state index is 12.5. The monoisotopic (exact) mass is 309 g/mol. The number of aliphatic carboxylic acids is 1. The van der Waals surface area contributed by atoms with Gasteiger partial charge in [0.2, 0.25) is 0 Å². The summed E-state index contributed by atoms with van der Waals surface area (Å²) in [7, 11) is 1.46. The Kier molecular flexibility index (Phi) is 7.01. The molecule has 2 atom stereocenters. The summed E-state index contributed by atoms with van der Waals surface area (Å²) in [5.41, 5.74) is -0.279. The van der Waals surface area contributed by atoms with Crippen molar-refractivity contribution in [1.29, 1.82) is 0 Å². The maximum Gasteiger partial charge on any atom is 0.305 e. The maximum atomic E-state index is 12.5. The van der Waals surface area contributed by atoms with Gasteiger partial charge in [0.25, 0.3) is 5.91 Å². The first-order valence-corrected chi connectivity index (χ1v) is 7.11. The Hall–Kier alpha value is -1.92. The molecule has 0 aliphatic rings. The molecule has 6 heteroatoms. The molecular weight excluding hydrogens is 286 g/mol. The zero-order chi connectivity index (χ0) is 16.6. The van der Waals surface area contributed by atoms with Gasteiger partial charge in [0.05, 0.1) is 18.6 Å². The highest BCUT2D eigenvalue weighted by Crippen LogP contribution is 2.20. The molecule has 0 radical (unpaired) electrons. The molecule has 0 saturated heterocycles. The second-order valence-electron chi connectivity index (χ2n) is 5.30. The first-order valence-electron chi connectivity index (χ1n) is 7.11. The Morgan fingerprint density at radius 3 is 2.45 bits per heavy atom. The molecule has 22 heavy (non-hydrogen) atoms. The molecule has 2 N–H and O–H groups in total. The number of hydrogen-bond acceptors (Lipinski definition) is 4. The highest BCUT2D eigenvalue weighted by atomic mass is 16.5. The minimum absolute atomic E-state index is 0.0959. The molecular formula is C16H23NO5. The number of nitrogens with one attached hydrogen (secondary N) is 1. The predicted octanol–water partition coefficient (Wildman–Crippen LogP) is 1.76. The summed E-state index contributed by atoms with van der Waals surface area (Å²) in [6.07, 6.45) is -1.02. The van der Waals surface area contributed by atoms with Crippen LogP contribution in [-0.2, 0) is 19.1 Å². The SMILES string of the molecule is CCOC(C(=O)NC(C)(COC)CC(=O)O)c1ccccc1. The molecule has 2 unspecified atom stereocenters. The smallest absolute Gasteiger partial charge is 0.305 e. The standard InChI is InChI=1S/C16H23NO5/c1-4-22-14(12-8-6-5-7-9-12)15(20)17-16(2,11-21-3)10-13(18)19/h5-9,14H,4,10-11H2,1-3H3,(H,17,20)(H,18,19). The summed E-state index contributed by atoms with van der Waals surface area (Å²) in [5, 5.41) is 11.7. The first kappa shape index (κ1) is 18.1. The van der Waals surface area contributed by atoms with Gasteiger partial charge in [-0.2, -0.15) is 0 Å². The first-order chi connectivity index (χ1) is 10.4. The number of methoxy groups -OCH3 is 1. The van der Waals surface area contributed by atoms with Gasteiger partial charge >= 0.3 is 5.97 Å². The Morgan fingerprint density at radius 2 is 1.95 bits per heavy atom. The Labute approximate surface area is 130 Å². The van der Waals surface area contributed by atoms with E-state index in [1.54, 1.807) is 26.0 Å². The number of hydrogen-bond donors (Lipinski definition) is 2. The van der Waals surface area contributed by atoms with Crippen LogP contribution < -0.4 is 5.32 Å². The van der Waals surface area contributed by atoms with E-state index in [-0.39, 0.29) is 18.9 Å². The van der Waals surface area contributed by atoms with Crippen LogP contribution in [0.1, 0.15) is 31.9 Å². The lowest BCUT2D eigenvalue weighted by atomic mass is 9.97. The van der Waals surface area contributed by atoms with Gasteiger partial charge in [-0.15, -0.1) is 0 Å². The molecule has 0 heterocycles. The molecule has 0 aliphatic heterocycles. The van der Waals surface area contributed by atoms with Gasteiger partial charge in [0.15, 0.2) is 6.10 Å². The Morgan fingerprint density at radius 1 is 1.32 bits per heavy atom. The van der Waals surface area contributed by atoms with E-state index in [4.69, 9.17) is 14.6 Å². The third-order valence-corrected chi connectivity index (χ3v) is 3.10. The lowest BCUT2D eigenvalue weighted by Crippen LogP contribution is -2.52. The molecule has 0 fully saturated rings. The van der Waals surface area contributed by atoms with Crippen molar-refractivity contribution in [2.75, 3.05) is 20.3 Å². The number of benzene rings is 1. The highest BCUT2D eigenvalue weighted by Gasteiger charge is 2.33. The zero-order valence-electron chi connectivity index (χ0n) is 13.2. The largest absolute Gasteiger partial charge is 0.481 e. The van der Waals surface area contributed by atoms with Crippen LogP contribution in [0.2, 0.25) is 0 Å². The molecule has 0 bridgehead atoms. The highest BCUT2D eigenvalue weighted by molar-refractivity contribution is 5.83. The summed E-state index contributed by atoms with van der Waals surface area (Å²) < 4.78 is 10.6. The summed E-state index contributed by atoms with van der Waals surface area (Å²) in [6, 6.07) is 9.08. The molecule has 0 spiro atoms. The third kappa shape index (κ3) is 5.46. The van der Waals surface area contributed by atoms with Gasteiger partial charge in [-0.3, -0.25) is 9.59 Å².